The molecule has 2 aromatic rings. The summed E-state index contributed by atoms with van der Waals surface area (Å²) in [5.74, 6) is -2.69. The Kier molecular flexibility index (Phi) is 3.53. The van der Waals surface area contributed by atoms with Crippen LogP contribution in [0.25, 0.3) is 0 Å². The highest BCUT2D eigenvalue weighted by molar-refractivity contribution is 7.12. The molecule has 0 saturated heterocycles. The van der Waals surface area contributed by atoms with Gasteiger partial charge in [0.05, 0.1) is 12.1 Å². The van der Waals surface area contributed by atoms with Crippen molar-refractivity contribution in [1.29, 1.82) is 0 Å². The van der Waals surface area contributed by atoms with E-state index >= 15 is 0 Å². The number of fused-ring (bicyclic) bond motifs is 1. The molecule has 2 nitrogen and oxygen atoms in total. The molecule has 1 aliphatic rings. The molecule has 20 heavy (non-hydrogen) atoms. The summed E-state index contributed by atoms with van der Waals surface area (Å²) in [5, 5.41) is 2.64. The van der Waals surface area contributed by atoms with E-state index in [1.807, 2.05) is 0 Å². The van der Waals surface area contributed by atoms with Crippen LogP contribution in [0.15, 0.2) is 24.3 Å². The fraction of sp³-hybridized carbons (Fsp3) is 0.267. The molecule has 5 heteroatoms. The number of amides is 1. The van der Waals surface area contributed by atoms with Crippen molar-refractivity contribution in [3.05, 3.63) is 56.8 Å². The Hall–Kier alpha value is -1.75. The number of carbonyl (C=O) groups excluding carboxylic acids is 1. The monoisotopic (exact) mass is 293 g/mol. The van der Waals surface area contributed by atoms with Crippen LogP contribution in [0, 0.1) is 11.6 Å². The number of hydrogen-bond donors (Lipinski definition) is 1. The number of nitrogens with one attached hydrogen (secondary N) is 1. The maximum atomic E-state index is 13.5. The van der Waals surface area contributed by atoms with Crippen LogP contribution in [-0.4, -0.2) is 5.91 Å². The molecule has 0 aliphatic heterocycles. The van der Waals surface area contributed by atoms with Crippen LogP contribution in [-0.2, 0) is 19.4 Å². The van der Waals surface area contributed by atoms with Crippen LogP contribution in [0.3, 0.4) is 0 Å². The Morgan fingerprint density at radius 1 is 1.30 bits per heavy atom. The van der Waals surface area contributed by atoms with Gasteiger partial charge in [-0.25, -0.2) is 8.78 Å². The fourth-order valence-electron chi connectivity index (χ4n) is 2.42. The molecule has 0 bridgehead atoms. The van der Waals surface area contributed by atoms with Gasteiger partial charge in [-0.1, -0.05) is 6.07 Å². The molecule has 1 heterocycles. The van der Waals surface area contributed by atoms with Gasteiger partial charge in [-0.05, 0) is 43.0 Å². The van der Waals surface area contributed by atoms with Gasteiger partial charge in [0.1, 0.15) is 0 Å². The van der Waals surface area contributed by atoms with E-state index in [-0.39, 0.29) is 5.56 Å². The fourth-order valence-corrected chi connectivity index (χ4v) is 3.62. The second-order valence-electron chi connectivity index (χ2n) is 4.80. The average Bonchev–Trinajstić information content (AvgIpc) is 3.00. The van der Waals surface area contributed by atoms with Gasteiger partial charge < -0.3 is 5.32 Å². The quantitative estimate of drug-likeness (QED) is 0.922. The summed E-state index contributed by atoms with van der Waals surface area (Å²) in [7, 11) is 0. The van der Waals surface area contributed by atoms with E-state index < -0.39 is 17.5 Å². The van der Waals surface area contributed by atoms with Crippen LogP contribution in [0.1, 0.15) is 32.1 Å². The summed E-state index contributed by atoms with van der Waals surface area (Å²) >= 11 is 1.68. The second-order valence-corrected chi connectivity index (χ2v) is 6.02. The Labute approximate surface area is 119 Å². The van der Waals surface area contributed by atoms with Gasteiger partial charge >= 0.3 is 0 Å². The van der Waals surface area contributed by atoms with E-state index in [1.165, 1.54) is 29.0 Å². The number of benzene rings is 1. The molecule has 1 aromatic heterocycles. The third-order valence-electron chi connectivity index (χ3n) is 3.42. The Bertz CT molecular complexity index is 644. The summed E-state index contributed by atoms with van der Waals surface area (Å²) in [4.78, 5) is 14.3. The minimum absolute atomic E-state index is 0.255. The zero-order valence-electron chi connectivity index (χ0n) is 10.7. The zero-order valence-corrected chi connectivity index (χ0v) is 11.5. The minimum atomic E-state index is -1.10. The molecule has 1 aromatic carbocycles. The summed E-state index contributed by atoms with van der Waals surface area (Å²) in [6.07, 6.45) is 3.40. The smallest absolute Gasteiger partial charge is 0.254 e. The van der Waals surface area contributed by atoms with Crippen molar-refractivity contribution in [3.8, 4) is 0 Å². The molecule has 1 N–H and O–H groups in total. The van der Waals surface area contributed by atoms with Crippen molar-refractivity contribution in [2.75, 3.05) is 0 Å². The van der Waals surface area contributed by atoms with E-state index in [2.05, 4.69) is 11.4 Å². The number of carbonyl (C=O) groups is 1. The number of rotatable bonds is 3. The van der Waals surface area contributed by atoms with Gasteiger partial charge in [-0.15, -0.1) is 11.3 Å². The second kappa shape index (κ2) is 5.32. The Morgan fingerprint density at radius 3 is 2.95 bits per heavy atom. The Balaban J connectivity index is 1.68. The summed E-state index contributed by atoms with van der Waals surface area (Å²) in [6, 6.07) is 5.69. The summed E-state index contributed by atoms with van der Waals surface area (Å²) in [5.41, 5.74) is 1.10. The zero-order chi connectivity index (χ0) is 14.1. The molecule has 1 aliphatic carbocycles. The van der Waals surface area contributed by atoms with E-state index in [0.717, 1.165) is 23.8 Å². The summed E-state index contributed by atoms with van der Waals surface area (Å²) < 4.78 is 26.5. The van der Waals surface area contributed by atoms with Crippen LogP contribution in [0.2, 0.25) is 0 Å². The normalized spacial score (nSPS) is 13.3. The highest BCUT2D eigenvalue weighted by Crippen LogP contribution is 2.30. The van der Waals surface area contributed by atoms with E-state index in [9.17, 15) is 13.6 Å². The molecule has 0 unspecified atom stereocenters. The Morgan fingerprint density at radius 2 is 2.15 bits per heavy atom. The lowest BCUT2D eigenvalue weighted by Crippen LogP contribution is -2.23. The average molecular weight is 293 g/mol. The van der Waals surface area contributed by atoms with Crippen molar-refractivity contribution in [3.63, 3.8) is 0 Å². The summed E-state index contributed by atoms with van der Waals surface area (Å²) in [6.45, 7) is 0.354. The molecular formula is C15H13F2NOS. The van der Waals surface area contributed by atoms with Crippen molar-refractivity contribution >= 4 is 17.2 Å². The van der Waals surface area contributed by atoms with Gasteiger partial charge in [0.2, 0.25) is 0 Å². The van der Waals surface area contributed by atoms with Gasteiger partial charge in [-0.3, -0.25) is 4.79 Å². The first-order valence-electron chi connectivity index (χ1n) is 6.48. The molecule has 0 atom stereocenters. The van der Waals surface area contributed by atoms with Crippen molar-refractivity contribution in [2.45, 2.75) is 25.8 Å². The van der Waals surface area contributed by atoms with Gasteiger partial charge in [-0.2, -0.15) is 0 Å². The van der Waals surface area contributed by atoms with Crippen LogP contribution in [0.5, 0.6) is 0 Å². The lowest BCUT2D eigenvalue weighted by molar-refractivity contribution is 0.0946. The molecule has 0 fully saturated rings. The van der Waals surface area contributed by atoms with Crippen LogP contribution in [0.4, 0.5) is 8.78 Å². The number of hydrogen-bond acceptors (Lipinski definition) is 2. The first-order chi connectivity index (χ1) is 9.65. The van der Waals surface area contributed by atoms with Crippen LogP contribution >= 0.6 is 11.3 Å². The number of aryl methyl sites for hydroxylation is 2. The van der Waals surface area contributed by atoms with Gasteiger partial charge in [0, 0.05) is 9.75 Å². The van der Waals surface area contributed by atoms with Crippen molar-refractivity contribution in [2.24, 2.45) is 0 Å². The van der Waals surface area contributed by atoms with Gasteiger partial charge in [0.25, 0.3) is 5.91 Å². The lowest BCUT2D eigenvalue weighted by Gasteiger charge is -2.05. The molecular weight excluding hydrogens is 280 g/mol. The van der Waals surface area contributed by atoms with E-state index in [1.54, 1.807) is 11.3 Å². The lowest BCUT2D eigenvalue weighted by atomic mass is 10.2. The van der Waals surface area contributed by atoms with Gasteiger partial charge in [0.15, 0.2) is 11.6 Å². The highest BCUT2D eigenvalue weighted by Gasteiger charge is 2.17. The largest absolute Gasteiger partial charge is 0.347 e. The molecule has 1 amide bonds. The first kappa shape index (κ1) is 13.2. The predicted octanol–water partition coefficient (Wildman–Crippen LogP) is 3.45. The third-order valence-corrected chi connectivity index (χ3v) is 4.65. The highest BCUT2D eigenvalue weighted by atomic mass is 32.1. The SMILES string of the molecule is O=C(NCc1cc2c(s1)CCC2)c1cccc(F)c1F. The minimum Gasteiger partial charge on any atom is -0.347 e. The first-order valence-corrected chi connectivity index (χ1v) is 7.29. The van der Waals surface area contributed by atoms with Crippen LogP contribution < -0.4 is 5.32 Å². The third kappa shape index (κ3) is 2.45. The maximum absolute atomic E-state index is 13.5. The van der Waals surface area contributed by atoms with Crippen molar-refractivity contribution < 1.29 is 13.6 Å². The standard InChI is InChI=1S/C15H13F2NOS/c16-12-5-2-4-11(14(12)17)15(19)18-8-10-7-9-3-1-6-13(9)20-10/h2,4-5,7H,1,3,6,8H2,(H,18,19). The molecule has 0 saturated carbocycles. The molecule has 3 rings (SSSR count). The van der Waals surface area contributed by atoms with E-state index in [4.69, 9.17) is 0 Å². The number of halogens is 2. The number of thiophene rings is 1. The molecule has 0 radical (unpaired) electrons. The molecule has 0 spiro atoms. The molecule has 104 valence electrons. The van der Waals surface area contributed by atoms with E-state index in [0.29, 0.717) is 6.54 Å². The maximum Gasteiger partial charge on any atom is 0.254 e. The van der Waals surface area contributed by atoms with Crippen molar-refractivity contribution in [1.82, 2.24) is 5.32 Å². The topological polar surface area (TPSA) is 29.1 Å². The predicted molar refractivity (Wildman–Crippen MR) is 73.9 cm³/mol.